The van der Waals surface area contributed by atoms with Gasteiger partial charge < -0.3 is 9.47 Å². The lowest BCUT2D eigenvalue weighted by molar-refractivity contribution is -0.139. The highest BCUT2D eigenvalue weighted by atomic mass is 35.5. The fraction of sp³-hybridized carbons (Fsp3) is 0.235. The molecule has 7 nitrogen and oxygen atoms in total. The van der Waals surface area contributed by atoms with Gasteiger partial charge in [-0.1, -0.05) is 23.8 Å². The molecule has 0 saturated heterocycles. The van der Waals surface area contributed by atoms with E-state index in [2.05, 4.69) is 22.3 Å². The SMILES string of the molecule is C=C(C)CONC(=O)C(C)Oc1ccc(Oc2ccc(Cl)nn2)cc1. The standard InChI is InChI=1S/C17H18ClN3O4/c1-11(2)10-23-21-17(22)12(3)24-13-4-6-14(7-5-13)25-16-9-8-15(18)19-20-16/h4-9,12H,1,10H2,2-3H3,(H,21,22). The summed E-state index contributed by atoms with van der Waals surface area (Å²) in [6, 6.07) is 9.92. The number of ether oxygens (including phenoxy) is 2. The smallest absolute Gasteiger partial charge is 0.284 e. The zero-order chi connectivity index (χ0) is 18.2. The first-order chi connectivity index (χ1) is 11.9. The number of amides is 1. The number of aromatic nitrogens is 2. The molecule has 0 spiro atoms. The van der Waals surface area contributed by atoms with E-state index in [0.717, 1.165) is 5.57 Å². The highest BCUT2D eigenvalue weighted by Crippen LogP contribution is 2.23. The van der Waals surface area contributed by atoms with E-state index in [1.807, 2.05) is 0 Å². The molecule has 2 aromatic rings. The van der Waals surface area contributed by atoms with Crippen molar-refractivity contribution in [3.8, 4) is 17.4 Å². The topological polar surface area (TPSA) is 82.6 Å². The van der Waals surface area contributed by atoms with Crippen molar-refractivity contribution in [2.45, 2.75) is 20.0 Å². The van der Waals surface area contributed by atoms with E-state index < -0.39 is 12.0 Å². The molecule has 1 atom stereocenters. The summed E-state index contributed by atoms with van der Waals surface area (Å²) >= 11 is 5.66. The lowest BCUT2D eigenvalue weighted by Gasteiger charge is -2.14. The number of carbonyl (C=O) groups excluding carboxylic acids is 1. The van der Waals surface area contributed by atoms with Crippen LogP contribution in [-0.2, 0) is 9.63 Å². The zero-order valence-corrected chi connectivity index (χ0v) is 14.6. The molecule has 0 aliphatic carbocycles. The molecular weight excluding hydrogens is 346 g/mol. The fourth-order valence-electron chi connectivity index (χ4n) is 1.64. The van der Waals surface area contributed by atoms with Gasteiger partial charge in [-0.05, 0) is 44.2 Å². The number of hydrogen-bond donors (Lipinski definition) is 1. The van der Waals surface area contributed by atoms with Gasteiger partial charge in [-0.2, -0.15) is 0 Å². The van der Waals surface area contributed by atoms with Crippen LogP contribution in [0.3, 0.4) is 0 Å². The summed E-state index contributed by atoms with van der Waals surface area (Å²) in [5.74, 6) is 0.987. The highest BCUT2D eigenvalue weighted by molar-refractivity contribution is 6.29. The molecule has 8 heteroatoms. The molecule has 0 saturated carbocycles. The van der Waals surface area contributed by atoms with Crippen LogP contribution in [0.1, 0.15) is 13.8 Å². The van der Waals surface area contributed by atoms with Gasteiger partial charge in [0.1, 0.15) is 11.5 Å². The molecule has 132 valence electrons. The molecule has 0 aliphatic rings. The lowest BCUT2D eigenvalue weighted by atomic mass is 10.3. The van der Waals surface area contributed by atoms with Crippen LogP contribution in [0.4, 0.5) is 0 Å². The third kappa shape index (κ3) is 6.40. The number of benzene rings is 1. The Morgan fingerprint density at radius 1 is 1.20 bits per heavy atom. The number of nitrogens with zero attached hydrogens (tertiary/aromatic N) is 2. The summed E-state index contributed by atoms with van der Waals surface area (Å²) in [6.07, 6.45) is -0.723. The van der Waals surface area contributed by atoms with Crippen LogP contribution < -0.4 is 15.0 Å². The summed E-state index contributed by atoms with van der Waals surface area (Å²) < 4.78 is 11.1. The second-order valence-corrected chi connectivity index (χ2v) is 5.63. The van der Waals surface area contributed by atoms with E-state index in [9.17, 15) is 4.79 Å². The maximum atomic E-state index is 11.8. The average Bonchev–Trinajstić information content (AvgIpc) is 2.58. The molecule has 1 amide bonds. The van der Waals surface area contributed by atoms with Gasteiger partial charge in [0.2, 0.25) is 5.88 Å². The molecule has 1 heterocycles. The van der Waals surface area contributed by atoms with Gasteiger partial charge >= 0.3 is 0 Å². The van der Waals surface area contributed by atoms with E-state index in [4.69, 9.17) is 25.9 Å². The van der Waals surface area contributed by atoms with Gasteiger partial charge in [-0.15, -0.1) is 10.2 Å². The molecule has 0 radical (unpaired) electrons. The largest absolute Gasteiger partial charge is 0.481 e. The minimum atomic E-state index is -0.723. The third-order valence-corrected chi connectivity index (χ3v) is 3.03. The Morgan fingerprint density at radius 2 is 1.88 bits per heavy atom. The molecule has 0 aliphatic heterocycles. The van der Waals surface area contributed by atoms with Gasteiger partial charge in [0.25, 0.3) is 5.91 Å². The second kappa shape index (κ2) is 9.00. The normalized spacial score (nSPS) is 11.5. The maximum Gasteiger partial charge on any atom is 0.284 e. The van der Waals surface area contributed by atoms with Crippen LogP contribution in [0.25, 0.3) is 0 Å². The van der Waals surface area contributed by atoms with Gasteiger partial charge in [0.05, 0.1) is 6.61 Å². The first-order valence-corrected chi connectivity index (χ1v) is 7.81. The number of rotatable bonds is 8. The van der Waals surface area contributed by atoms with Gasteiger partial charge in [0.15, 0.2) is 11.3 Å². The number of nitrogens with one attached hydrogen (secondary N) is 1. The molecule has 1 aromatic carbocycles. The number of carbonyl (C=O) groups is 1. The highest BCUT2D eigenvalue weighted by Gasteiger charge is 2.14. The van der Waals surface area contributed by atoms with E-state index in [1.165, 1.54) is 0 Å². The molecule has 1 N–H and O–H groups in total. The zero-order valence-electron chi connectivity index (χ0n) is 13.9. The number of hydroxylamine groups is 1. The minimum Gasteiger partial charge on any atom is -0.481 e. The molecule has 1 aromatic heterocycles. The van der Waals surface area contributed by atoms with Crippen LogP contribution in [0.15, 0.2) is 48.6 Å². The van der Waals surface area contributed by atoms with E-state index in [0.29, 0.717) is 17.4 Å². The van der Waals surface area contributed by atoms with Crippen molar-refractivity contribution in [2.24, 2.45) is 0 Å². The first-order valence-electron chi connectivity index (χ1n) is 7.44. The summed E-state index contributed by atoms with van der Waals surface area (Å²) in [7, 11) is 0. The molecular formula is C17H18ClN3O4. The van der Waals surface area contributed by atoms with Gasteiger partial charge in [-0.3, -0.25) is 9.63 Å². The fourth-order valence-corrected chi connectivity index (χ4v) is 1.74. The number of hydrogen-bond acceptors (Lipinski definition) is 6. The van der Waals surface area contributed by atoms with Crippen LogP contribution in [0.2, 0.25) is 5.15 Å². The summed E-state index contributed by atoms with van der Waals surface area (Å²) in [4.78, 5) is 16.8. The number of halogens is 1. The van der Waals surface area contributed by atoms with Gasteiger partial charge in [0, 0.05) is 6.07 Å². The van der Waals surface area contributed by atoms with Crippen LogP contribution in [-0.4, -0.2) is 28.8 Å². The van der Waals surface area contributed by atoms with Crippen molar-refractivity contribution >= 4 is 17.5 Å². The predicted molar refractivity (Wildman–Crippen MR) is 92.6 cm³/mol. The average molecular weight is 364 g/mol. The lowest BCUT2D eigenvalue weighted by Crippen LogP contribution is -2.36. The molecule has 0 bridgehead atoms. The van der Waals surface area contributed by atoms with Crippen LogP contribution in [0, 0.1) is 0 Å². The third-order valence-electron chi connectivity index (χ3n) is 2.83. The summed E-state index contributed by atoms with van der Waals surface area (Å²) in [6.45, 7) is 7.34. The Labute approximate surface area is 150 Å². The van der Waals surface area contributed by atoms with E-state index >= 15 is 0 Å². The second-order valence-electron chi connectivity index (χ2n) is 5.24. The van der Waals surface area contributed by atoms with Crippen molar-refractivity contribution in [2.75, 3.05) is 6.61 Å². The van der Waals surface area contributed by atoms with E-state index in [-0.39, 0.29) is 11.8 Å². The van der Waals surface area contributed by atoms with Crippen molar-refractivity contribution in [3.63, 3.8) is 0 Å². The maximum absolute atomic E-state index is 11.8. The van der Waals surface area contributed by atoms with Crippen molar-refractivity contribution in [1.82, 2.24) is 15.7 Å². The first kappa shape index (κ1) is 18.7. The van der Waals surface area contributed by atoms with Crippen molar-refractivity contribution in [3.05, 3.63) is 53.7 Å². The van der Waals surface area contributed by atoms with Crippen molar-refractivity contribution in [1.29, 1.82) is 0 Å². The molecule has 25 heavy (non-hydrogen) atoms. The minimum absolute atomic E-state index is 0.248. The molecule has 2 rings (SSSR count). The molecule has 1 unspecified atom stereocenters. The summed E-state index contributed by atoms with van der Waals surface area (Å²) in [5.41, 5.74) is 3.11. The Bertz CT molecular complexity index is 720. The Morgan fingerprint density at radius 3 is 2.48 bits per heavy atom. The summed E-state index contributed by atoms with van der Waals surface area (Å²) in [5, 5.41) is 7.78. The quantitative estimate of drug-likeness (QED) is 0.572. The van der Waals surface area contributed by atoms with Gasteiger partial charge in [-0.25, -0.2) is 5.48 Å². The monoisotopic (exact) mass is 363 g/mol. The van der Waals surface area contributed by atoms with Crippen LogP contribution in [0.5, 0.6) is 17.4 Å². The van der Waals surface area contributed by atoms with Crippen molar-refractivity contribution < 1.29 is 19.1 Å². The predicted octanol–water partition coefficient (Wildman–Crippen LogP) is 3.31. The van der Waals surface area contributed by atoms with E-state index in [1.54, 1.807) is 50.2 Å². The Kier molecular flexibility index (Phi) is 6.73. The Hall–Kier alpha value is -2.64. The Balaban J connectivity index is 1.85. The van der Waals surface area contributed by atoms with Crippen LogP contribution >= 0.6 is 11.6 Å². The molecule has 0 fully saturated rings.